The summed E-state index contributed by atoms with van der Waals surface area (Å²) in [5, 5.41) is 12.0. The third-order valence-corrected chi connectivity index (χ3v) is 9.58. The van der Waals surface area contributed by atoms with E-state index in [1.54, 1.807) is 0 Å². The smallest absolute Gasteiger partial charge is 0.0775 e. The Bertz CT molecular complexity index is 1920. The molecule has 1 heterocycles. The molecule has 0 aliphatic heterocycles. The second kappa shape index (κ2) is 7.31. The minimum Gasteiger partial charge on any atom is -0.308 e. The van der Waals surface area contributed by atoms with Gasteiger partial charge in [0.25, 0.3) is 0 Å². The normalized spacial score (nSPS) is 12.4. The first-order chi connectivity index (χ1) is 17.0. The van der Waals surface area contributed by atoms with Gasteiger partial charge in [-0.15, -0.1) is 0 Å². The van der Waals surface area contributed by atoms with Crippen molar-refractivity contribution in [1.29, 1.82) is 0 Å². The monoisotopic (exact) mass is 465 g/mol. The minimum absolute atomic E-state index is 1.23. The molecule has 0 spiro atoms. The van der Waals surface area contributed by atoms with Crippen molar-refractivity contribution in [2.75, 3.05) is 0 Å². The van der Waals surface area contributed by atoms with Crippen molar-refractivity contribution in [1.82, 2.24) is 4.57 Å². The first-order valence-corrected chi connectivity index (χ1v) is 15.9. The maximum atomic E-state index is 2.52. The Morgan fingerprint density at radius 3 is 1.71 bits per heavy atom. The van der Waals surface area contributed by atoms with Gasteiger partial charge in [-0.3, -0.25) is 0 Å². The van der Waals surface area contributed by atoms with Gasteiger partial charge in [0.15, 0.2) is 0 Å². The topological polar surface area (TPSA) is 4.93 Å². The van der Waals surface area contributed by atoms with Crippen LogP contribution in [0, 0.1) is 0 Å². The van der Waals surface area contributed by atoms with Crippen LogP contribution in [0.4, 0.5) is 0 Å². The highest BCUT2D eigenvalue weighted by atomic mass is 28.3. The van der Waals surface area contributed by atoms with Gasteiger partial charge in [-0.25, -0.2) is 0 Å². The van der Waals surface area contributed by atoms with Gasteiger partial charge in [0.2, 0.25) is 0 Å². The average Bonchev–Trinajstić information content (AvgIpc) is 3.25. The van der Waals surface area contributed by atoms with Crippen LogP contribution in [-0.4, -0.2) is 12.6 Å². The van der Waals surface area contributed by atoms with E-state index in [0.29, 0.717) is 0 Å². The van der Waals surface area contributed by atoms with Crippen LogP contribution >= 0.6 is 0 Å². The van der Waals surface area contributed by atoms with Gasteiger partial charge in [0.1, 0.15) is 0 Å². The highest BCUT2D eigenvalue weighted by Gasteiger charge is 2.21. The molecule has 7 aromatic rings. The molecule has 0 amide bonds. The predicted octanol–water partition coefficient (Wildman–Crippen LogP) is 8.79. The standard InChI is InChI=1S/C33H27NSi/c1-35(2,3)24-19-17-23(18-20-24)34-32-25-11-5-4-10-22(25)16-21-30(32)31-28-14-8-6-12-26(28)27-13-7-9-15-29(27)33(31)34/h4-21H,1-3H3. The highest BCUT2D eigenvalue weighted by molar-refractivity contribution is 6.88. The van der Waals surface area contributed by atoms with Gasteiger partial charge in [-0.05, 0) is 33.7 Å². The Kier molecular flexibility index (Phi) is 4.28. The van der Waals surface area contributed by atoms with Crippen LogP contribution in [-0.2, 0) is 0 Å². The number of hydrogen-bond acceptors (Lipinski definition) is 0. The molecule has 0 saturated carbocycles. The Hall–Kier alpha value is -3.88. The van der Waals surface area contributed by atoms with Crippen molar-refractivity contribution in [3.05, 3.63) is 109 Å². The lowest BCUT2D eigenvalue weighted by atomic mass is 9.96. The Morgan fingerprint density at radius 2 is 1.03 bits per heavy atom. The third-order valence-electron chi connectivity index (χ3n) is 7.51. The summed E-state index contributed by atoms with van der Waals surface area (Å²) in [6.07, 6.45) is 0. The van der Waals surface area contributed by atoms with Crippen LogP contribution < -0.4 is 5.19 Å². The first kappa shape index (κ1) is 20.5. The van der Waals surface area contributed by atoms with E-state index in [1.165, 1.54) is 65.0 Å². The summed E-state index contributed by atoms with van der Waals surface area (Å²) in [6, 6.07) is 40.5. The fourth-order valence-corrected chi connectivity index (χ4v) is 6.97. The van der Waals surface area contributed by atoms with Crippen LogP contribution in [0.1, 0.15) is 0 Å². The zero-order valence-corrected chi connectivity index (χ0v) is 21.3. The van der Waals surface area contributed by atoms with Crippen molar-refractivity contribution >= 4 is 67.4 Å². The molecule has 0 aliphatic carbocycles. The summed E-state index contributed by atoms with van der Waals surface area (Å²) in [5.41, 5.74) is 3.82. The largest absolute Gasteiger partial charge is 0.308 e. The van der Waals surface area contributed by atoms with Gasteiger partial charge in [0.05, 0.1) is 19.1 Å². The predicted molar refractivity (Wildman–Crippen MR) is 156 cm³/mol. The molecule has 0 fully saturated rings. The van der Waals surface area contributed by atoms with Crippen LogP contribution in [0.5, 0.6) is 0 Å². The molecule has 0 atom stereocenters. The molecule has 0 radical (unpaired) electrons. The second-order valence-electron chi connectivity index (χ2n) is 10.6. The molecule has 7 rings (SSSR count). The number of nitrogens with zero attached hydrogens (tertiary/aromatic N) is 1. The van der Waals surface area contributed by atoms with Gasteiger partial charge < -0.3 is 4.57 Å². The van der Waals surface area contributed by atoms with Crippen molar-refractivity contribution in [3.8, 4) is 5.69 Å². The Morgan fingerprint density at radius 1 is 0.457 bits per heavy atom. The fourth-order valence-electron chi connectivity index (χ4n) is 5.81. The summed E-state index contributed by atoms with van der Waals surface area (Å²) in [7, 11) is -1.38. The van der Waals surface area contributed by atoms with E-state index in [9.17, 15) is 0 Å². The molecule has 0 bridgehead atoms. The fraction of sp³-hybridized carbons (Fsp3) is 0.0909. The van der Waals surface area contributed by atoms with Crippen molar-refractivity contribution in [3.63, 3.8) is 0 Å². The first-order valence-electron chi connectivity index (χ1n) is 12.4. The molecular weight excluding hydrogens is 438 g/mol. The third kappa shape index (κ3) is 2.93. The number of benzene rings is 6. The van der Waals surface area contributed by atoms with Gasteiger partial charge in [-0.1, -0.05) is 122 Å². The molecule has 2 heteroatoms. The van der Waals surface area contributed by atoms with E-state index >= 15 is 0 Å². The van der Waals surface area contributed by atoms with Crippen molar-refractivity contribution < 1.29 is 0 Å². The van der Waals surface area contributed by atoms with E-state index < -0.39 is 8.07 Å². The SMILES string of the molecule is C[Si](C)(C)c1ccc(-n2c3c4ccccc4ccc3c3c4ccccc4c4ccccc4c32)cc1. The highest BCUT2D eigenvalue weighted by Crippen LogP contribution is 2.44. The zero-order valence-electron chi connectivity index (χ0n) is 20.3. The Labute approximate surface area is 206 Å². The van der Waals surface area contributed by atoms with Crippen molar-refractivity contribution in [2.45, 2.75) is 19.6 Å². The van der Waals surface area contributed by atoms with Crippen LogP contribution in [0.2, 0.25) is 19.6 Å². The van der Waals surface area contributed by atoms with Crippen molar-refractivity contribution in [2.24, 2.45) is 0 Å². The number of rotatable bonds is 2. The molecule has 0 saturated heterocycles. The lowest BCUT2D eigenvalue weighted by Crippen LogP contribution is -2.37. The average molecular weight is 466 g/mol. The molecule has 1 nitrogen and oxygen atoms in total. The maximum absolute atomic E-state index is 2.52. The second-order valence-corrected chi connectivity index (χ2v) is 15.7. The van der Waals surface area contributed by atoms with Crippen LogP contribution in [0.3, 0.4) is 0 Å². The van der Waals surface area contributed by atoms with Gasteiger partial charge in [0, 0.05) is 27.2 Å². The summed E-state index contributed by atoms with van der Waals surface area (Å²) >= 11 is 0. The molecule has 0 aliphatic rings. The van der Waals surface area contributed by atoms with Crippen LogP contribution in [0.15, 0.2) is 109 Å². The van der Waals surface area contributed by atoms with E-state index in [1.807, 2.05) is 0 Å². The number of fused-ring (bicyclic) bond motifs is 10. The van der Waals surface area contributed by atoms with Gasteiger partial charge >= 0.3 is 0 Å². The number of hydrogen-bond donors (Lipinski definition) is 0. The van der Waals surface area contributed by atoms with Gasteiger partial charge in [-0.2, -0.15) is 0 Å². The lowest BCUT2D eigenvalue weighted by Gasteiger charge is -2.18. The molecular formula is C33H27NSi. The molecule has 1 aromatic heterocycles. The zero-order chi connectivity index (χ0) is 23.7. The maximum Gasteiger partial charge on any atom is 0.0775 e. The van der Waals surface area contributed by atoms with E-state index in [0.717, 1.165) is 0 Å². The molecule has 6 aromatic carbocycles. The number of aromatic nitrogens is 1. The Balaban J connectivity index is 1.77. The summed E-state index contributed by atoms with van der Waals surface area (Å²) in [6.45, 7) is 7.24. The lowest BCUT2D eigenvalue weighted by molar-refractivity contribution is 1.19. The molecule has 0 unspecified atom stereocenters. The van der Waals surface area contributed by atoms with Crippen LogP contribution in [0.25, 0.3) is 59.8 Å². The molecule has 35 heavy (non-hydrogen) atoms. The minimum atomic E-state index is -1.38. The summed E-state index contributed by atoms with van der Waals surface area (Å²) < 4.78 is 2.52. The summed E-state index contributed by atoms with van der Waals surface area (Å²) in [4.78, 5) is 0. The molecule has 168 valence electrons. The van der Waals surface area contributed by atoms with E-state index in [-0.39, 0.29) is 0 Å². The van der Waals surface area contributed by atoms with E-state index in [2.05, 4.69) is 133 Å². The quantitative estimate of drug-likeness (QED) is 0.178. The summed E-state index contributed by atoms with van der Waals surface area (Å²) in [5.74, 6) is 0. The molecule has 0 N–H and O–H groups in total. The van der Waals surface area contributed by atoms with E-state index in [4.69, 9.17) is 0 Å².